The van der Waals surface area contributed by atoms with Crippen LogP contribution in [0.1, 0.15) is 19.0 Å². The number of aryl methyl sites for hydroxylation is 2. The molecule has 104 valence electrons. The lowest BCUT2D eigenvalue weighted by molar-refractivity contribution is 0.263. The van der Waals surface area contributed by atoms with Gasteiger partial charge in [-0.2, -0.15) is 5.10 Å². The summed E-state index contributed by atoms with van der Waals surface area (Å²) in [6.45, 7) is 3.75. The number of nitrogens with one attached hydrogen (secondary N) is 1. The maximum atomic E-state index is 12.1. The van der Waals surface area contributed by atoms with Gasteiger partial charge in [0.1, 0.15) is 10.0 Å². The first-order chi connectivity index (χ1) is 8.29. The zero-order valence-electron chi connectivity index (χ0n) is 10.6. The summed E-state index contributed by atoms with van der Waals surface area (Å²) < 4.78 is 28.0. The van der Waals surface area contributed by atoms with E-state index in [-0.39, 0.29) is 29.1 Å². The Morgan fingerprint density at radius 1 is 1.56 bits per heavy atom. The molecule has 1 unspecified atom stereocenters. The Hall–Kier alpha value is -0.630. The predicted molar refractivity (Wildman–Crippen MR) is 69.0 cm³/mol. The monoisotopic (exact) mass is 295 g/mol. The fraction of sp³-hybridized carbons (Fsp3) is 0.700. The van der Waals surface area contributed by atoms with E-state index in [4.69, 9.17) is 16.7 Å². The highest BCUT2D eigenvalue weighted by Gasteiger charge is 2.25. The van der Waals surface area contributed by atoms with Crippen molar-refractivity contribution in [1.29, 1.82) is 0 Å². The van der Waals surface area contributed by atoms with Crippen molar-refractivity contribution in [3.05, 3.63) is 10.8 Å². The molecule has 1 rings (SSSR count). The third-order valence-corrected chi connectivity index (χ3v) is 4.73. The highest BCUT2D eigenvalue weighted by atomic mass is 35.5. The number of aromatic nitrogens is 2. The Morgan fingerprint density at radius 2 is 2.17 bits per heavy atom. The largest absolute Gasteiger partial charge is 0.396 e. The Kier molecular flexibility index (Phi) is 5.15. The molecule has 0 saturated heterocycles. The minimum atomic E-state index is -3.66. The van der Waals surface area contributed by atoms with Gasteiger partial charge < -0.3 is 5.11 Å². The summed E-state index contributed by atoms with van der Waals surface area (Å²) in [6.07, 6.45) is 0.544. The summed E-state index contributed by atoms with van der Waals surface area (Å²) in [4.78, 5) is 0.0165. The van der Waals surface area contributed by atoms with Gasteiger partial charge in [0.05, 0.1) is 5.69 Å². The van der Waals surface area contributed by atoms with E-state index in [1.165, 1.54) is 4.68 Å². The fourth-order valence-electron chi connectivity index (χ4n) is 1.56. The number of hydrogen-bond acceptors (Lipinski definition) is 4. The van der Waals surface area contributed by atoms with E-state index in [9.17, 15) is 8.42 Å². The van der Waals surface area contributed by atoms with Gasteiger partial charge in [-0.3, -0.25) is 4.68 Å². The van der Waals surface area contributed by atoms with Crippen LogP contribution in [0.25, 0.3) is 0 Å². The number of nitrogens with zero attached hydrogens (tertiary/aromatic N) is 2. The second-order valence-electron chi connectivity index (χ2n) is 4.30. The minimum Gasteiger partial charge on any atom is -0.396 e. The van der Waals surface area contributed by atoms with Crippen molar-refractivity contribution in [3.63, 3.8) is 0 Å². The van der Waals surface area contributed by atoms with Crippen LogP contribution in [0.3, 0.4) is 0 Å². The van der Waals surface area contributed by atoms with E-state index >= 15 is 0 Å². The molecule has 1 heterocycles. The molecular weight excluding hydrogens is 278 g/mol. The van der Waals surface area contributed by atoms with Crippen LogP contribution in [0.15, 0.2) is 4.90 Å². The Balaban J connectivity index is 2.87. The normalized spacial score (nSPS) is 13.8. The topological polar surface area (TPSA) is 84.2 Å². The van der Waals surface area contributed by atoms with Gasteiger partial charge in [0.2, 0.25) is 10.0 Å². The molecule has 1 atom stereocenters. The molecule has 0 aromatic carbocycles. The standard InChI is InChI=1S/C10H18ClN3O3S/c1-7(4-5-15)6-12-18(16,17)9-8(2)13-14(3)10(9)11/h7,12,15H,4-6H2,1-3H3. The molecule has 18 heavy (non-hydrogen) atoms. The van der Waals surface area contributed by atoms with Crippen LogP contribution >= 0.6 is 11.6 Å². The molecule has 1 aromatic rings. The Morgan fingerprint density at radius 3 is 2.61 bits per heavy atom. The van der Waals surface area contributed by atoms with Gasteiger partial charge in [-0.15, -0.1) is 0 Å². The number of rotatable bonds is 6. The molecule has 2 N–H and O–H groups in total. The van der Waals surface area contributed by atoms with E-state index in [2.05, 4.69) is 9.82 Å². The Bertz CT molecular complexity index is 513. The molecule has 0 fully saturated rings. The van der Waals surface area contributed by atoms with Crippen molar-refractivity contribution in [1.82, 2.24) is 14.5 Å². The molecule has 0 radical (unpaired) electrons. The van der Waals surface area contributed by atoms with Crippen LogP contribution in [-0.4, -0.2) is 36.5 Å². The summed E-state index contributed by atoms with van der Waals surface area (Å²) in [6, 6.07) is 0. The summed E-state index contributed by atoms with van der Waals surface area (Å²) >= 11 is 5.92. The van der Waals surface area contributed by atoms with Crippen LogP contribution in [0.2, 0.25) is 5.15 Å². The van der Waals surface area contributed by atoms with Crippen LogP contribution in [0.4, 0.5) is 0 Å². The average molecular weight is 296 g/mol. The lowest BCUT2D eigenvalue weighted by Crippen LogP contribution is -2.29. The van der Waals surface area contributed by atoms with Gasteiger partial charge in [0, 0.05) is 20.2 Å². The zero-order chi connectivity index (χ0) is 13.9. The maximum absolute atomic E-state index is 12.1. The molecule has 0 amide bonds. The molecule has 0 saturated carbocycles. The van der Waals surface area contributed by atoms with Crippen molar-refractivity contribution >= 4 is 21.6 Å². The molecule has 8 heteroatoms. The molecule has 0 spiro atoms. The lowest BCUT2D eigenvalue weighted by atomic mass is 10.1. The van der Waals surface area contributed by atoms with Crippen LogP contribution in [0.5, 0.6) is 0 Å². The molecular formula is C10H18ClN3O3S. The number of aliphatic hydroxyl groups excluding tert-OH is 1. The average Bonchev–Trinajstić information content (AvgIpc) is 2.51. The van der Waals surface area contributed by atoms with Crippen molar-refractivity contribution < 1.29 is 13.5 Å². The number of sulfonamides is 1. The predicted octanol–water partition coefficient (Wildman–Crippen LogP) is 0.679. The zero-order valence-corrected chi connectivity index (χ0v) is 12.2. The van der Waals surface area contributed by atoms with Gasteiger partial charge in [-0.25, -0.2) is 13.1 Å². The number of hydrogen-bond donors (Lipinski definition) is 2. The van der Waals surface area contributed by atoms with Crippen molar-refractivity contribution in [2.45, 2.75) is 25.2 Å². The second kappa shape index (κ2) is 6.01. The van der Waals surface area contributed by atoms with Crippen molar-refractivity contribution in [2.75, 3.05) is 13.2 Å². The van der Waals surface area contributed by atoms with Crippen LogP contribution < -0.4 is 4.72 Å². The van der Waals surface area contributed by atoms with E-state index < -0.39 is 10.0 Å². The first kappa shape index (κ1) is 15.4. The number of aliphatic hydroxyl groups is 1. The van der Waals surface area contributed by atoms with Crippen LogP contribution in [-0.2, 0) is 17.1 Å². The molecule has 0 aliphatic rings. The van der Waals surface area contributed by atoms with Gasteiger partial charge in [-0.05, 0) is 19.3 Å². The van der Waals surface area contributed by atoms with E-state index in [0.717, 1.165) is 0 Å². The highest BCUT2D eigenvalue weighted by Crippen LogP contribution is 2.23. The summed E-state index contributed by atoms with van der Waals surface area (Å²) in [5.41, 5.74) is 0.366. The quantitative estimate of drug-likeness (QED) is 0.808. The summed E-state index contributed by atoms with van der Waals surface area (Å²) in [5, 5.41) is 12.8. The van der Waals surface area contributed by atoms with Gasteiger partial charge in [-0.1, -0.05) is 18.5 Å². The lowest BCUT2D eigenvalue weighted by Gasteiger charge is -2.11. The van der Waals surface area contributed by atoms with Gasteiger partial charge in [0.25, 0.3) is 0 Å². The van der Waals surface area contributed by atoms with Crippen molar-refractivity contribution in [3.8, 4) is 0 Å². The number of halogens is 1. The first-order valence-electron chi connectivity index (χ1n) is 5.59. The third kappa shape index (κ3) is 3.44. The van der Waals surface area contributed by atoms with E-state index in [0.29, 0.717) is 12.1 Å². The first-order valence-corrected chi connectivity index (χ1v) is 7.45. The van der Waals surface area contributed by atoms with Gasteiger partial charge in [0.15, 0.2) is 0 Å². The molecule has 1 aromatic heterocycles. The van der Waals surface area contributed by atoms with E-state index in [1.54, 1.807) is 14.0 Å². The summed E-state index contributed by atoms with van der Waals surface area (Å²) in [7, 11) is -2.08. The maximum Gasteiger partial charge on any atom is 0.245 e. The van der Waals surface area contributed by atoms with Crippen LogP contribution in [0, 0.1) is 12.8 Å². The Labute approximate surface area is 112 Å². The third-order valence-electron chi connectivity index (χ3n) is 2.61. The molecule has 0 aliphatic heterocycles. The van der Waals surface area contributed by atoms with Crippen molar-refractivity contribution in [2.24, 2.45) is 13.0 Å². The van der Waals surface area contributed by atoms with Gasteiger partial charge >= 0.3 is 0 Å². The highest BCUT2D eigenvalue weighted by molar-refractivity contribution is 7.89. The van der Waals surface area contributed by atoms with E-state index in [1.807, 2.05) is 6.92 Å². The molecule has 0 aliphatic carbocycles. The fourth-order valence-corrected chi connectivity index (χ4v) is 3.47. The molecule has 6 nitrogen and oxygen atoms in total. The smallest absolute Gasteiger partial charge is 0.245 e. The minimum absolute atomic E-state index is 0.0165. The molecule has 0 bridgehead atoms. The second-order valence-corrected chi connectivity index (χ2v) is 6.36. The SMILES string of the molecule is Cc1nn(C)c(Cl)c1S(=O)(=O)NCC(C)CCO. The summed E-state index contributed by atoms with van der Waals surface area (Å²) in [5.74, 6) is 0.0560.